The molecule has 0 spiro atoms. The molecule has 110 valence electrons. The van der Waals surface area contributed by atoms with Gasteiger partial charge in [-0.3, -0.25) is 0 Å². The van der Waals surface area contributed by atoms with Crippen LogP contribution in [0.15, 0.2) is 0 Å². The molecule has 0 aliphatic heterocycles. The number of carboxylic acid groups (broad SMARTS) is 1. The molecule has 2 amide bonds. The summed E-state index contributed by atoms with van der Waals surface area (Å²) in [5.41, 5.74) is 0. The minimum Gasteiger partial charge on any atom is -0.480 e. The molecule has 0 aromatic rings. The fraction of sp³-hybridized carbons (Fsp3) is 0.846. The summed E-state index contributed by atoms with van der Waals surface area (Å²) < 4.78 is 0. The summed E-state index contributed by atoms with van der Waals surface area (Å²) in [6.07, 6.45) is 6.07. The van der Waals surface area contributed by atoms with Gasteiger partial charge in [0, 0.05) is 6.54 Å². The van der Waals surface area contributed by atoms with Crippen LogP contribution in [0.3, 0.4) is 0 Å². The van der Waals surface area contributed by atoms with Gasteiger partial charge in [0.1, 0.15) is 0 Å². The van der Waals surface area contributed by atoms with Crippen molar-refractivity contribution in [2.45, 2.75) is 57.6 Å². The van der Waals surface area contributed by atoms with Crippen LogP contribution in [0.1, 0.15) is 45.4 Å². The number of carboxylic acids is 1. The highest BCUT2D eigenvalue weighted by molar-refractivity contribution is 5.82. The van der Waals surface area contributed by atoms with Gasteiger partial charge in [-0.2, -0.15) is 0 Å². The predicted octanol–water partition coefficient (Wildman–Crippen LogP) is 1.09. The van der Waals surface area contributed by atoms with Crippen LogP contribution in [0.5, 0.6) is 0 Å². The first-order valence-electron chi connectivity index (χ1n) is 6.96. The number of aliphatic hydroxyl groups is 1. The lowest BCUT2D eigenvalue weighted by Crippen LogP contribution is -2.51. The van der Waals surface area contributed by atoms with Gasteiger partial charge in [-0.1, -0.05) is 32.1 Å². The van der Waals surface area contributed by atoms with Crippen LogP contribution in [-0.2, 0) is 4.79 Å². The summed E-state index contributed by atoms with van der Waals surface area (Å²) in [6.45, 7) is 1.88. The minimum absolute atomic E-state index is 0.538. The molecule has 0 bridgehead atoms. The molecule has 4 N–H and O–H groups in total. The number of rotatable bonds is 6. The second-order valence-corrected chi connectivity index (χ2v) is 5.25. The average Bonchev–Trinajstić information content (AvgIpc) is 2.36. The summed E-state index contributed by atoms with van der Waals surface area (Å²) >= 11 is 0. The van der Waals surface area contributed by atoms with Crippen molar-refractivity contribution in [3.8, 4) is 0 Å². The lowest BCUT2D eigenvalue weighted by Gasteiger charge is -2.22. The molecule has 1 aliphatic rings. The van der Waals surface area contributed by atoms with Gasteiger partial charge < -0.3 is 20.8 Å². The molecule has 0 unspecified atom stereocenters. The highest BCUT2D eigenvalue weighted by Crippen LogP contribution is 2.25. The average molecular weight is 272 g/mol. The van der Waals surface area contributed by atoms with Crippen molar-refractivity contribution in [1.29, 1.82) is 0 Å². The van der Waals surface area contributed by atoms with Gasteiger partial charge in [-0.25, -0.2) is 9.59 Å². The molecule has 0 radical (unpaired) electrons. The molecular weight excluding hydrogens is 248 g/mol. The Balaban J connectivity index is 2.21. The van der Waals surface area contributed by atoms with Crippen molar-refractivity contribution in [2.24, 2.45) is 5.92 Å². The molecule has 0 aromatic carbocycles. The van der Waals surface area contributed by atoms with E-state index in [4.69, 9.17) is 5.11 Å². The number of aliphatic hydroxyl groups excluding tert-OH is 1. The normalized spacial score (nSPS) is 19.5. The quantitative estimate of drug-likeness (QED) is 0.581. The number of hydrogen-bond acceptors (Lipinski definition) is 3. The minimum atomic E-state index is -1.27. The maximum absolute atomic E-state index is 11.5. The molecule has 1 saturated carbocycles. The topological polar surface area (TPSA) is 98.7 Å². The van der Waals surface area contributed by atoms with Crippen molar-refractivity contribution in [3.05, 3.63) is 0 Å². The zero-order chi connectivity index (χ0) is 14.3. The van der Waals surface area contributed by atoms with E-state index in [2.05, 4.69) is 10.6 Å². The number of amides is 2. The number of aliphatic carboxylic acids is 1. The first-order valence-corrected chi connectivity index (χ1v) is 6.96. The lowest BCUT2D eigenvalue weighted by molar-refractivity contribution is -0.141. The second-order valence-electron chi connectivity index (χ2n) is 5.25. The highest BCUT2D eigenvalue weighted by atomic mass is 16.4. The van der Waals surface area contributed by atoms with E-state index in [1.165, 1.54) is 39.0 Å². The van der Waals surface area contributed by atoms with Crippen molar-refractivity contribution in [2.75, 3.05) is 6.54 Å². The van der Waals surface area contributed by atoms with Crippen LogP contribution in [0, 0.1) is 5.92 Å². The van der Waals surface area contributed by atoms with E-state index in [1.807, 2.05) is 0 Å². The number of hydrogen-bond donors (Lipinski definition) is 4. The van der Waals surface area contributed by atoms with Gasteiger partial charge >= 0.3 is 12.0 Å². The number of carbonyl (C=O) groups excluding carboxylic acids is 1. The van der Waals surface area contributed by atoms with Gasteiger partial charge in [0.25, 0.3) is 0 Å². The first kappa shape index (κ1) is 15.8. The summed E-state index contributed by atoms with van der Waals surface area (Å²) in [6, 6.07) is -1.81. The Hall–Kier alpha value is -1.30. The van der Waals surface area contributed by atoms with E-state index in [0.717, 1.165) is 6.42 Å². The molecular formula is C13H24N2O4. The molecule has 0 saturated heterocycles. The van der Waals surface area contributed by atoms with Gasteiger partial charge in [-0.15, -0.1) is 0 Å². The predicted molar refractivity (Wildman–Crippen MR) is 70.8 cm³/mol. The van der Waals surface area contributed by atoms with Crippen molar-refractivity contribution >= 4 is 12.0 Å². The SMILES string of the molecule is C[C@@H](O)[C@H](NC(=O)NCCC1CCCCC1)C(=O)O. The molecule has 6 heteroatoms. The maximum Gasteiger partial charge on any atom is 0.328 e. The van der Waals surface area contributed by atoms with Gasteiger partial charge in [-0.05, 0) is 19.3 Å². The summed E-state index contributed by atoms with van der Waals surface area (Å²) in [5, 5.41) is 23.0. The van der Waals surface area contributed by atoms with E-state index in [9.17, 15) is 14.7 Å². The van der Waals surface area contributed by atoms with E-state index in [1.54, 1.807) is 0 Å². The molecule has 19 heavy (non-hydrogen) atoms. The van der Waals surface area contributed by atoms with Crippen molar-refractivity contribution < 1.29 is 19.8 Å². The third-order valence-electron chi connectivity index (χ3n) is 3.60. The largest absolute Gasteiger partial charge is 0.480 e. The van der Waals surface area contributed by atoms with Crippen LogP contribution in [0.2, 0.25) is 0 Å². The lowest BCUT2D eigenvalue weighted by atomic mass is 9.87. The molecule has 0 heterocycles. The van der Waals surface area contributed by atoms with E-state index in [0.29, 0.717) is 12.5 Å². The molecule has 6 nitrogen and oxygen atoms in total. The maximum atomic E-state index is 11.5. The third kappa shape index (κ3) is 5.92. The first-order chi connectivity index (χ1) is 9.00. The number of carbonyl (C=O) groups is 2. The monoisotopic (exact) mass is 272 g/mol. The fourth-order valence-electron chi connectivity index (χ4n) is 2.45. The Bertz CT molecular complexity index is 301. The van der Waals surface area contributed by atoms with Crippen LogP contribution >= 0.6 is 0 Å². The Morgan fingerprint density at radius 1 is 1.26 bits per heavy atom. The zero-order valence-electron chi connectivity index (χ0n) is 11.4. The Morgan fingerprint density at radius 2 is 1.89 bits per heavy atom. The summed E-state index contributed by atoms with van der Waals surface area (Å²) in [7, 11) is 0. The van der Waals surface area contributed by atoms with Crippen molar-refractivity contribution in [3.63, 3.8) is 0 Å². The number of nitrogens with one attached hydrogen (secondary N) is 2. The number of urea groups is 1. The van der Waals surface area contributed by atoms with Crippen LogP contribution in [0.4, 0.5) is 4.79 Å². The molecule has 1 aliphatic carbocycles. The van der Waals surface area contributed by atoms with E-state index >= 15 is 0 Å². The Morgan fingerprint density at radius 3 is 2.42 bits per heavy atom. The standard InChI is InChI=1S/C13H24N2O4/c1-9(16)11(12(17)18)15-13(19)14-8-7-10-5-3-2-4-6-10/h9-11,16H,2-8H2,1H3,(H,17,18)(H2,14,15,19)/t9-,11+/m1/s1. The zero-order valence-corrected chi connectivity index (χ0v) is 11.4. The van der Waals surface area contributed by atoms with Gasteiger partial charge in [0.2, 0.25) is 0 Å². The Labute approximate surface area is 113 Å². The molecule has 1 fully saturated rings. The van der Waals surface area contributed by atoms with Crippen LogP contribution < -0.4 is 10.6 Å². The summed E-state index contributed by atoms with van der Waals surface area (Å²) in [4.78, 5) is 22.3. The van der Waals surface area contributed by atoms with E-state index in [-0.39, 0.29) is 0 Å². The van der Waals surface area contributed by atoms with E-state index < -0.39 is 24.1 Å². The van der Waals surface area contributed by atoms with Gasteiger partial charge in [0.15, 0.2) is 6.04 Å². The fourth-order valence-corrected chi connectivity index (χ4v) is 2.45. The van der Waals surface area contributed by atoms with Crippen LogP contribution in [0.25, 0.3) is 0 Å². The smallest absolute Gasteiger partial charge is 0.328 e. The highest BCUT2D eigenvalue weighted by Gasteiger charge is 2.24. The molecule has 0 aromatic heterocycles. The second kappa shape index (κ2) is 7.99. The molecule has 2 atom stereocenters. The van der Waals surface area contributed by atoms with Crippen LogP contribution in [-0.4, -0.2) is 40.9 Å². The Kier molecular flexibility index (Phi) is 6.62. The van der Waals surface area contributed by atoms with Crippen molar-refractivity contribution in [1.82, 2.24) is 10.6 Å². The molecule has 1 rings (SSSR count). The third-order valence-corrected chi connectivity index (χ3v) is 3.60. The van der Waals surface area contributed by atoms with Gasteiger partial charge in [0.05, 0.1) is 6.10 Å². The summed E-state index contributed by atoms with van der Waals surface area (Å²) in [5.74, 6) is -0.571.